The molecule has 0 radical (unpaired) electrons. The minimum atomic E-state index is -0.671. The number of amides is 2. The van der Waals surface area contributed by atoms with Crippen LogP contribution in [0.1, 0.15) is 29.4 Å². The zero-order valence-electron chi connectivity index (χ0n) is 12.5. The van der Waals surface area contributed by atoms with Crippen LogP contribution in [0.5, 0.6) is 0 Å². The number of nitrogens with two attached hydrogens (primary N) is 1. The third kappa shape index (κ3) is 3.31. The maximum atomic E-state index is 12.7. The standard InChI is InChI=1S/C15H22N4O3/c16-14(21)10-17-6-7-18(9-12(20)8-17)15(22)13-2-1-5-19(13)11-3-4-11/h1-2,5,11-12,20H,3-4,6-10H2,(H2,16,21). The molecule has 2 amide bonds. The van der Waals surface area contributed by atoms with Crippen molar-refractivity contribution in [2.45, 2.75) is 25.0 Å². The van der Waals surface area contributed by atoms with Crippen LogP contribution >= 0.6 is 0 Å². The number of carbonyl (C=O) groups is 2. The molecule has 1 aromatic rings. The van der Waals surface area contributed by atoms with Crippen molar-refractivity contribution in [2.75, 3.05) is 32.7 Å². The molecule has 1 saturated heterocycles. The van der Waals surface area contributed by atoms with Crippen LogP contribution in [0, 0.1) is 0 Å². The number of aromatic nitrogens is 1. The highest BCUT2D eigenvalue weighted by atomic mass is 16.3. The lowest BCUT2D eigenvalue weighted by Crippen LogP contribution is -2.38. The van der Waals surface area contributed by atoms with E-state index in [1.54, 1.807) is 9.80 Å². The number of nitrogens with zero attached hydrogens (tertiary/aromatic N) is 3. The maximum Gasteiger partial charge on any atom is 0.270 e. The normalized spacial score (nSPS) is 23.3. The highest BCUT2D eigenvalue weighted by Gasteiger charge is 2.30. The Kier molecular flexibility index (Phi) is 4.17. The van der Waals surface area contributed by atoms with Gasteiger partial charge in [-0.25, -0.2) is 0 Å². The molecule has 7 heteroatoms. The van der Waals surface area contributed by atoms with Gasteiger partial charge in [0.15, 0.2) is 0 Å². The summed E-state index contributed by atoms with van der Waals surface area (Å²) in [5.41, 5.74) is 5.88. The van der Waals surface area contributed by atoms with E-state index < -0.39 is 12.0 Å². The largest absolute Gasteiger partial charge is 0.390 e. The molecule has 22 heavy (non-hydrogen) atoms. The summed E-state index contributed by atoms with van der Waals surface area (Å²) in [5.74, 6) is -0.480. The molecule has 2 heterocycles. The summed E-state index contributed by atoms with van der Waals surface area (Å²) in [6.45, 7) is 1.77. The number of rotatable bonds is 4. The van der Waals surface area contributed by atoms with E-state index >= 15 is 0 Å². The molecular formula is C15H22N4O3. The van der Waals surface area contributed by atoms with Gasteiger partial charge in [-0.15, -0.1) is 0 Å². The highest BCUT2D eigenvalue weighted by Crippen LogP contribution is 2.36. The van der Waals surface area contributed by atoms with Gasteiger partial charge in [-0.3, -0.25) is 14.5 Å². The van der Waals surface area contributed by atoms with Gasteiger partial charge in [-0.1, -0.05) is 0 Å². The predicted molar refractivity (Wildman–Crippen MR) is 80.2 cm³/mol. The second-order valence-electron chi connectivity index (χ2n) is 6.14. The Bertz CT molecular complexity index is 567. The zero-order chi connectivity index (χ0) is 15.7. The fraction of sp³-hybridized carbons (Fsp3) is 0.600. The number of aliphatic hydroxyl groups is 1. The van der Waals surface area contributed by atoms with Gasteiger partial charge in [0.05, 0.1) is 12.6 Å². The van der Waals surface area contributed by atoms with E-state index in [2.05, 4.69) is 0 Å². The molecule has 1 aliphatic heterocycles. The minimum Gasteiger partial charge on any atom is -0.390 e. The second-order valence-corrected chi connectivity index (χ2v) is 6.14. The van der Waals surface area contributed by atoms with Crippen molar-refractivity contribution >= 4 is 11.8 Å². The van der Waals surface area contributed by atoms with Crippen molar-refractivity contribution in [2.24, 2.45) is 5.73 Å². The first-order valence-electron chi connectivity index (χ1n) is 7.69. The zero-order valence-corrected chi connectivity index (χ0v) is 12.5. The highest BCUT2D eigenvalue weighted by molar-refractivity contribution is 5.93. The predicted octanol–water partition coefficient (Wildman–Crippen LogP) is -0.573. The SMILES string of the molecule is NC(=O)CN1CCN(C(=O)c2cccn2C2CC2)CC(O)C1. The molecule has 2 fully saturated rings. The molecular weight excluding hydrogens is 284 g/mol. The molecule has 1 saturated carbocycles. The summed E-state index contributed by atoms with van der Waals surface area (Å²) in [5, 5.41) is 10.1. The Morgan fingerprint density at radius 2 is 2.05 bits per heavy atom. The van der Waals surface area contributed by atoms with E-state index in [9.17, 15) is 14.7 Å². The third-order valence-electron chi connectivity index (χ3n) is 4.19. The van der Waals surface area contributed by atoms with Crippen LogP contribution in [-0.4, -0.2) is 70.1 Å². The monoisotopic (exact) mass is 306 g/mol. The van der Waals surface area contributed by atoms with Crippen LogP contribution in [0.25, 0.3) is 0 Å². The molecule has 120 valence electrons. The average Bonchev–Trinajstić information content (AvgIpc) is 3.21. The van der Waals surface area contributed by atoms with E-state index in [4.69, 9.17) is 5.73 Å². The van der Waals surface area contributed by atoms with E-state index in [0.29, 0.717) is 31.4 Å². The summed E-state index contributed by atoms with van der Waals surface area (Å²) >= 11 is 0. The van der Waals surface area contributed by atoms with Gasteiger partial charge in [-0.2, -0.15) is 0 Å². The molecule has 3 rings (SSSR count). The fourth-order valence-corrected chi connectivity index (χ4v) is 3.01. The molecule has 3 N–H and O–H groups in total. The lowest BCUT2D eigenvalue weighted by Gasteiger charge is -2.22. The summed E-state index contributed by atoms with van der Waals surface area (Å²) in [4.78, 5) is 27.2. The van der Waals surface area contributed by atoms with Crippen LogP contribution < -0.4 is 5.73 Å². The lowest BCUT2D eigenvalue weighted by molar-refractivity contribution is -0.119. The summed E-state index contributed by atoms with van der Waals surface area (Å²) in [6, 6.07) is 4.16. The Morgan fingerprint density at radius 3 is 2.73 bits per heavy atom. The Hall–Kier alpha value is -1.86. The van der Waals surface area contributed by atoms with Crippen LogP contribution in [0.15, 0.2) is 18.3 Å². The molecule has 1 atom stereocenters. The first-order valence-corrected chi connectivity index (χ1v) is 7.69. The van der Waals surface area contributed by atoms with Gasteiger partial charge in [0.2, 0.25) is 5.91 Å². The van der Waals surface area contributed by atoms with E-state index in [1.807, 2.05) is 22.9 Å². The van der Waals surface area contributed by atoms with E-state index in [-0.39, 0.29) is 19.0 Å². The smallest absolute Gasteiger partial charge is 0.270 e. The summed E-state index contributed by atoms with van der Waals surface area (Å²) in [6.07, 6.45) is 3.50. The van der Waals surface area contributed by atoms with Crippen LogP contribution in [0.3, 0.4) is 0 Å². The molecule has 0 aromatic carbocycles. The first-order chi connectivity index (χ1) is 10.5. The van der Waals surface area contributed by atoms with Crippen molar-refractivity contribution in [3.05, 3.63) is 24.0 Å². The van der Waals surface area contributed by atoms with E-state index in [1.165, 1.54) is 0 Å². The molecule has 1 aliphatic carbocycles. The molecule has 1 aromatic heterocycles. The Morgan fingerprint density at radius 1 is 1.27 bits per heavy atom. The molecule has 0 bridgehead atoms. The molecule has 2 aliphatic rings. The van der Waals surface area contributed by atoms with Gasteiger partial charge in [-0.05, 0) is 25.0 Å². The number of β-amino-alcohol motifs (C(OH)–C–C–N with tert-alkyl or cyclic N) is 1. The van der Waals surface area contributed by atoms with Crippen molar-refractivity contribution < 1.29 is 14.7 Å². The van der Waals surface area contributed by atoms with Crippen molar-refractivity contribution in [1.29, 1.82) is 0 Å². The maximum absolute atomic E-state index is 12.7. The summed E-state index contributed by atoms with van der Waals surface area (Å²) < 4.78 is 2.03. The van der Waals surface area contributed by atoms with Crippen molar-refractivity contribution in [3.63, 3.8) is 0 Å². The third-order valence-corrected chi connectivity index (χ3v) is 4.19. The quantitative estimate of drug-likeness (QED) is 0.779. The summed E-state index contributed by atoms with van der Waals surface area (Å²) in [7, 11) is 0. The van der Waals surface area contributed by atoms with E-state index in [0.717, 1.165) is 12.8 Å². The Balaban J connectivity index is 1.69. The molecule has 7 nitrogen and oxygen atoms in total. The molecule has 1 unspecified atom stereocenters. The van der Waals surface area contributed by atoms with Gasteiger partial charge >= 0.3 is 0 Å². The first kappa shape index (κ1) is 15.1. The van der Waals surface area contributed by atoms with Crippen LogP contribution in [-0.2, 0) is 4.79 Å². The van der Waals surface area contributed by atoms with Gasteiger partial charge in [0.1, 0.15) is 5.69 Å². The average molecular weight is 306 g/mol. The van der Waals surface area contributed by atoms with Gasteiger partial charge < -0.3 is 20.3 Å². The topological polar surface area (TPSA) is 91.8 Å². The lowest BCUT2D eigenvalue weighted by atomic mass is 10.3. The second kappa shape index (κ2) is 6.10. The van der Waals surface area contributed by atoms with Gasteiger partial charge in [0, 0.05) is 38.4 Å². The number of hydrogen-bond acceptors (Lipinski definition) is 4. The molecule has 0 spiro atoms. The number of hydrogen-bond donors (Lipinski definition) is 2. The van der Waals surface area contributed by atoms with Gasteiger partial charge in [0.25, 0.3) is 5.91 Å². The Labute approximate surface area is 129 Å². The van der Waals surface area contributed by atoms with Crippen molar-refractivity contribution in [1.82, 2.24) is 14.4 Å². The fourth-order valence-electron chi connectivity index (χ4n) is 3.01. The number of carbonyl (C=O) groups excluding carboxylic acids is 2. The van der Waals surface area contributed by atoms with Crippen LogP contribution in [0.2, 0.25) is 0 Å². The number of primary amides is 1. The minimum absolute atomic E-state index is 0.0584. The van der Waals surface area contributed by atoms with Crippen LogP contribution in [0.4, 0.5) is 0 Å². The number of aliphatic hydroxyl groups excluding tert-OH is 1. The van der Waals surface area contributed by atoms with Crippen molar-refractivity contribution in [3.8, 4) is 0 Å².